The van der Waals surface area contributed by atoms with Gasteiger partial charge in [-0.3, -0.25) is 4.79 Å². The van der Waals surface area contributed by atoms with E-state index >= 15 is 0 Å². The average Bonchev–Trinajstić information content (AvgIpc) is 3.14. The van der Waals surface area contributed by atoms with Gasteiger partial charge in [-0.05, 0) is 72.3 Å². The normalized spacial score (nSPS) is 15.7. The highest BCUT2D eigenvalue weighted by Gasteiger charge is 2.24. The standard InChI is InChI=1S/C25H20F2N2O3S/c1-2-31-22-13-17(9-12-21(22)32-15-16-7-10-18(26)11-8-16)14-23-24(30)29-25(33-23)28-20-6-4-3-5-19(20)27/h3-14H,2,15H2,1H3,(H,28,29,30)/b23-14-. The molecule has 0 bridgehead atoms. The molecule has 1 heterocycles. The van der Waals surface area contributed by atoms with Crippen LogP contribution in [0, 0.1) is 11.6 Å². The van der Waals surface area contributed by atoms with Crippen LogP contribution in [0.4, 0.5) is 14.5 Å². The summed E-state index contributed by atoms with van der Waals surface area (Å²) >= 11 is 1.13. The zero-order valence-electron chi connectivity index (χ0n) is 17.7. The van der Waals surface area contributed by atoms with Crippen LogP contribution in [-0.2, 0) is 11.4 Å². The van der Waals surface area contributed by atoms with Crippen LogP contribution in [-0.4, -0.2) is 17.7 Å². The molecule has 1 N–H and O–H groups in total. The van der Waals surface area contributed by atoms with E-state index in [0.717, 1.165) is 22.9 Å². The molecular weight excluding hydrogens is 446 g/mol. The van der Waals surface area contributed by atoms with Crippen LogP contribution in [0.15, 0.2) is 76.6 Å². The Morgan fingerprint density at radius 3 is 2.55 bits per heavy atom. The molecule has 0 radical (unpaired) electrons. The molecule has 168 valence electrons. The molecule has 3 aromatic rings. The quantitative estimate of drug-likeness (QED) is 0.445. The highest BCUT2D eigenvalue weighted by molar-refractivity contribution is 8.18. The molecule has 0 spiro atoms. The maximum Gasteiger partial charge on any atom is 0.264 e. The summed E-state index contributed by atoms with van der Waals surface area (Å²) in [5, 5.41) is 2.96. The highest BCUT2D eigenvalue weighted by atomic mass is 32.2. The summed E-state index contributed by atoms with van der Waals surface area (Å²) in [7, 11) is 0. The first-order valence-corrected chi connectivity index (χ1v) is 11.0. The van der Waals surface area contributed by atoms with Gasteiger partial charge >= 0.3 is 0 Å². The van der Waals surface area contributed by atoms with E-state index in [1.54, 1.807) is 48.5 Å². The van der Waals surface area contributed by atoms with Gasteiger partial charge in [0.2, 0.25) is 0 Å². The van der Waals surface area contributed by atoms with Crippen LogP contribution >= 0.6 is 11.8 Å². The minimum Gasteiger partial charge on any atom is -0.490 e. The lowest BCUT2D eigenvalue weighted by Gasteiger charge is -2.13. The Morgan fingerprint density at radius 1 is 1.00 bits per heavy atom. The van der Waals surface area contributed by atoms with Gasteiger partial charge in [-0.2, -0.15) is 0 Å². The molecular formula is C25H20F2N2O3S. The van der Waals surface area contributed by atoms with Gasteiger partial charge < -0.3 is 14.8 Å². The molecule has 1 fully saturated rings. The van der Waals surface area contributed by atoms with Crippen LogP contribution in [0.1, 0.15) is 18.1 Å². The number of rotatable bonds is 7. The second kappa shape index (κ2) is 10.3. The Bertz CT molecular complexity index is 1230. The predicted molar refractivity (Wildman–Crippen MR) is 126 cm³/mol. The number of halogens is 2. The van der Waals surface area contributed by atoms with E-state index in [9.17, 15) is 13.6 Å². The molecule has 0 aliphatic carbocycles. The first-order chi connectivity index (χ1) is 16.0. The molecule has 1 amide bonds. The number of thioether (sulfide) groups is 1. The number of amidine groups is 1. The molecule has 3 aromatic carbocycles. The molecule has 0 atom stereocenters. The van der Waals surface area contributed by atoms with Gasteiger partial charge in [0, 0.05) is 0 Å². The monoisotopic (exact) mass is 466 g/mol. The van der Waals surface area contributed by atoms with E-state index in [1.165, 1.54) is 24.3 Å². The van der Waals surface area contributed by atoms with Gasteiger partial charge in [0.05, 0.1) is 11.5 Å². The SMILES string of the molecule is CCOc1cc(/C=C2\SC(=Nc3ccccc3F)NC2=O)ccc1OCc1ccc(F)cc1. The van der Waals surface area contributed by atoms with Crippen molar-refractivity contribution < 1.29 is 23.0 Å². The number of nitrogens with zero attached hydrogens (tertiary/aromatic N) is 1. The van der Waals surface area contributed by atoms with Gasteiger partial charge in [0.1, 0.15) is 23.9 Å². The van der Waals surface area contributed by atoms with Gasteiger partial charge in [-0.15, -0.1) is 0 Å². The van der Waals surface area contributed by atoms with Crippen LogP contribution in [0.3, 0.4) is 0 Å². The Hall–Kier alpha value is -3.65. The van der Waals surface area contributed by atoms with Crippen molar-refractivity contribution in [2.45, 2.75) is 13.5 Å². The Morgan fingerprint density at radius 2 is 1.79 bits per heavy atom. The van der Waals surface area contributed by atoms with Crippen molar-refractivity contribution >= 4 is 34.6 Å². The maximum atomic E-state index is 13.8. The number of aliphatic imine (C=N–C) groups is 1. The second-order valence-corrected chi connectivity index (χ2v) is 8.02. The summed E-state index contributed by atoms with van der Waals surface area (Å²) in [4.78, 5) is 17.0. The molecule has 1 saturated heterocycles. The molecule has 0 unspecified atom stereocenters. The fraction of sp³-hybridized carbons (Fsp3) is 0.120. The highest BCUT2D eigenvalue weighted by Crippen LogP contribution is 2.33. The van der Waals surface area contributed by atoms with E-state index in [4.69, 9.17) is 9.47 Å². The molecule has 1 aliphatic heterocycles. The Kier molecular flexibility index (Phi) is 7.04. The van der Waals surface area contributed by atoms with E-state index in [-0.39, 0.29) is 24.0 Å². The van der Waals surface area contributed by atoms with Crippen molar-refractivity contribution in [3.8, 4) is 11.5 Å². The van der Waals surface area contributed by atoms with Gasteiger partial charge in [-0.1, -0.05) is 30.3 Å². The van der Waals surface area contributed by atoms with E-state index in [1.807, 2.05) is 6.92 Å². The van der Waals surface area contributed by atoms with Crippen molar-refractivity contribution in [3.05, 3.63) is 94.4 Å². The number of hydrogen-bond acceptors (Lipinski definition) is 5. The van der Waals surface area contributed by atoms with Crippen molar-refractivity contribution in [3.63, 3.8) is 0 Å². The molecule has 0 saturated carbocycles. The van der Waals surface area contributed by atoms with Gasteiger partial charge in [0.15, 0.2) is 16.7 Å². The molecule has 1 aliphatic rings. The van der Waals surface area contributed by atoms with Crippen LogP contribution in [0.2, 0.25) is 0 Å². The zero-order chi connectivity index (χ0) is 23.2. The van der Waals surface area contributed by atoms with E-state index in [0.29, 0.717) is 28.2 Å². The van der Waals surface area contributed by atoms with Crippen LogP contribution in [0.5, 0.6) is 11.5 Å². The largest absolute Gasteiger partial charge is 0.490 e. The van der Waals surface area contributed by atoms with Gasteiger partial charge in [0.25, 0.3) is 5.91 Å². The predicted octanol–water partition coefficient (Wildman–Crippen LogP) is 5.83. The smallest absolute Gasteiger partial charge is 0.264 e. The number of para-hydroxylation sites is 1. The molecule has 8 heteroatoms. The number of carbonyl (C=O) groups is 1. The summed E-state index contributed by atoms with van der Waals surface area (Å²) in [6.45, 7) is 2.55. The summed E-state index contributed by atoms with van der Waals surface area (Å²) < 4.78 is 38.5. The second-order valence-electron chi connectivity index (χ2n) is 6.99. The minimum absolute atomic E-state index is 0.155. The third-order valence-electron chi connectivity index (χ3n) is 4.60. The summed E-state index contributed by atoms with van der Waals surface area (Å²) in [5.74, 6) is -0.0205. The molecule has 0 aromatic heterocycles. The molecule has 33 heavy (non-hydrogen) atoms. The number of hydrogen-bond donors (Lipinski definition) is 1. The minimum atomic E-state index is -0.463. The van der Waals surface area contributed by atoms with E-state index in [2.05, 4.69) is 10.3 Å². The zero-order valence-corrected chi connectivity index (χ0v) is 18.5. The Labute approximate surface area is 194 Å². The topological polar surface area (TPSA) is 59.9 Å². The first kappa shape index (κ1) is 22.5. The number of benzene rings is 3. The number of carbonyl (C=O) groups excluding carboxylic acids is 1. The van der Waals surface area contributed by atoms with Crippen molar-refractivity contribution in [1.82, 2.24) is 5.32 Å². The lowest BCUT2D eigenvalue weighted by Crippen LogP contribution is -2.19. The lowest BCUT2D eigenvalue weighted by molar-refractivity contribution is -0.115. The number of amides is 1. The van der Waals surface area contributed by atoms with Gasteiger partial charge in [-0.25, -0.2) is 13.8 Å². The fourth-order valence-electron chi connectivity index (χ4n) is 3.03. The Balaban J connectivity index is 1.51. The fourth-order valence-corrected chi connectivity index (χ4v) is 3.86. The maximum absolute atomic E-state index is 13.8. The van der Waals surface area contributed by atoms with Crippen molar-refractivity contribution in [1.29, 1.82) is 0 Å². The third-order valence-corrected chi connectivity index (χ3v) is 5.51. The van der Waals surface area contributed by atoms with E-state index < -0.39 is 5.82 Å². The summed E-state index contributed by atoms with van der Waals surface area (Å²) in [5.41, 5.74) is 1.71. The molecule has 5 nitrogen and oxygen atoms in total. The first-order valence-electron chi connectivity index (χ1n) is 10.2. The number of ether oxygens (including phenoxy) is 2. The van der Waals surface area contributed by atoms with Crippen LogP contribution in [0.25, 0.3) is 6.08 Å². The third kappa shape index (κ3) is 5.78. The molecule has 4 rings (SSSR count). The summed E-state index contributed by atoms with van der Waals surface area (Å²) in [6, 6.07) is 17.5. The van der Waals surface area contributed by atoms with Crippen LogP contribution < -0.4 is 14.8 Å². The van der Waals surface area contributed by atoms with Crippen molar-refractivity contribution in [2.75, 3.05) is 6.61 Å². The number of nitrogens with one attached hydrogen (secondary N) is 1. The van der Waals surface area contributed by atoms with Crippen molar-refractivity contribution in [2.24, 2.45) is 4.99 Å². The lowest BCUT2D eigenvalue weighted by atomic mass is 10.2. The summed E-state index contributed by atoms with van der Waals surface area (Å²) in [6.07, 6.45) is 1.70. The average molecular weight is 467 g/mol.